The Balaban J connectivity index is 2.99. The summed E-state index contributed by atoms with van der Waals surface area (Å²) in [5.74, 6) is -1.59. The summed E-state index contributed by atoms with van der Waals surface area (Å²) in [4.78, 5) is 10.3. The summed E-state index contributed by atoms with van der Waals surface area (Å²) in [6, 6.07) is 0. The van der Waals surface area contributed by atoms with Gasteiger partial charge in [-0.2, -0.15) is 0 Å². The summed E-state index contributed by atoms with van der Waals surface area (Å²) in [5, 5.41) is 9.40. The van der Waals surface area contributed by atoms with Crippen LogP contribution < -0.4 is 0 Å². The zero-order chi connectivity index (χ0) is 8.48. The molecule has 0 aliphatic carbocycles. The Kier molecular flexibility index (Phi) is 1.82. The second-order valence-corrected chi connectivity index (χ2v) is 4.02. The molecule has 1 heterocycles. The molecule has 0 aromatic carbocycles. The number of hydrogen-bond donors (Lipinski definition) is 1. The standard InChI is InChI=1S/C6H6O4S/c7-6(8)5-2-1-3-11(9,10)4-5/h1-3H,4H2,(H,7,8). The highest BCUT2D eigenvalue weighted by molar-refractivity contribution is 7.94. The maximum Gasteiger partial charge on any atom is 0.332 e. The second kappa shape index (κ2) is 2.50. The number of hydrogen-bond acceptors (Lipinski definition) is 3. The molecule has 11 heavy (non-hydrogen) atoms. The first-order valence-electron chi connectivity index (χ1n) is 2.84. The van der Waals surface area contributed by atoms with E-state index >= 15 is 0 Å². The highest BCUT2D eigenvalue weighted by atomic mass is 32.2. The lowest BCUT2D eigenvalue weighted by atomic mass is 10.3. The predicted molar refractivity (Wildman–Crippen MR) is 38.6 cm³/mol. The smallest absolute Gasteiger partial charge is 0.332 e. The first-order valence-corrected chi connectivity index (χ1v) is 4.56. The van der Waals surface area contributed by atoms with Crippen LogP contribution in [0.15, 0.2) is 23.1 Å². The lowest BCUT2D eigenvalue weighted by Crippen LogP contribution is -2.14. The predicted octanol–water partition coefficient (Wildman–Crippen LogP) is -0.0605. The third-order valence-corrected chi connectivity index (χ3v) is 2.50. The van der Waals surface area contributed by atoms with Crippen LogP contribution in [0.4, 0.5) is 0 Å². The summed E-state index contributed by atoms with van der Waals surface area (Å²) in [7, 11) is -3.31. The molecule has 0 saturated heterocycles. The average Bonchev–Trinajstić information content (AvgIpc) is 1.85. The maximum absolute atomic E-state index is 10.8. The minimum atomic E-state index is -3.31. The van der Waals surface area contributed by atoms with E-state index < -0.39 is 21.6 Å². The Morgan fingerprint density at radius 2 is 2.18 bits per heavy atom. The molecule has 0 radical (unpaired) electrons. The van der Waals surface area contributed by atoms with E-state index in [0.717, 1.165) is 5.41 Å². The molecular weight excluding hydrogens is 168 g/mol. The molecule has 0 unspecified atom stereocenters. The van der Waals surface area contributed by atoms with Crippen molar-refractivity contribution in [2.75, 3.05) is 5.75 Å². The number of aliphatic carboxylic acids is 1. The van der Waals surface area contributed by atoms with Gasteiger partial charge < -0.3 is 5.11 Å². The van der Waals surface area contributed by atoms with Gasteiger partial charge in [-0.05, 0) is 0 Å². The Labute approximate surface area is 63.8 Å². The molecule has 0 atom stereocenters. The topological polar surface area (TPSA) is 71.4 Å². The number of carbonyl (C=O) groups is 1. The number of carboxylic acid groups (broad SMARTS) is 1. The van der Waals surface area contributed by atoms with Crippen molar-refractivity contribution in [1.29, 1.82) is 0 Å². The fourth-order valence-electron chi connectivity index (χ4n) is 0.721. The molecule has 1 rings (SSSR count). The number of rotatable bonds is 1. The van der Waals surface area contributed by atoms with E-state index in [4.69, 9.17) is 5.11 Å². The molecule has 1 aliphatic rings. The highest BCUT2D eigenvalue weighted by Gasteiger charge is 2.17. The lowest BCUT2D eigenvalue weighted by Gasteiger charge is -2.03. The molecule has 0 aromatic heterocycles. The zero-order valence-electron chi connectivity index (χ0n) is 5.52. The van der Waals surface area contributed by atoms with Crippen LogP contribution in [0.1, 0.15) is 0 Å². The molecule has 0 fully saturated rings. The third kappa shape index (κ3) is 1.91. The van der Waals surface area contributed by atoms with Crippen LogP contribution in [0.3, 0.4) is 0 Å². The van der Waals surface area contributed by atoms with E-state index in [1.807, 2.05) is 0 Å². The second-order valence-electron chi connectivity index (χ2n) is 2.13. The number of carboxylic acids is 1. The van der Waals surface area contributed by atoms with Crippen molar-refractivity contribution in [3.8, 4) is 0 Å². The quantitative estimate of drug-likeness (QED) is 0.604. The lowest BCUT2D eigenvalue weighted by molar-refractivity contribution is -0.132. The van der Waals surface area contributed by atoms with Gasteiger partial charge in [0, 0.05) is 5.41 Å². The van der Waals surface area contributed by atoms with Crippen LogP contribution in [0.25, 0.3) is 0 Å². The molecule has 60 valence electrons. The normalized spacial score (nSPS) is 20.9. The Hall–Kier alpha value is -1.10. The van der Waals surface area contributed by atoms with E-state index in [0.29, 0.717) is 0 Å². The minimum absolute atomic E-state index is 0.0903. The first-order chi connectivity index (χ1) is 5.01. The Morgan fingerprint density at radius 1 is 1.55 bits per heavy atom. The van der Waals surface area contributed by atoms with Gasteiger partial charge in [-0.3, -0.25) is 0 Å². The van der Waals surface area contributed by atoms with Crippen LogP contribution >= 0.6 is 0 Å². The van der Waals surface area contributed by atoms with E-state index in [1.165, 1.54) is 12.2 Å². The minimum Gasteiger partial charge on any atom is -0.478 e. The third-order valence-electron chi connectivity index (χ3n) is 1.21. The van der Waals surface area contributed by atoms with Crippen molar-refractivity contribution in [3.05, 3.63) is 23.1 Å². The molecule has 1 aliphatic heterocycles. The first kappa shape index (κ1) is 8.00. The zero-order valence-corrected chi connectivity index (χ0v) is 6.34. The van der Waals surface area contributed by atoms with E-state index in [1.54, 1.807) is 0 Å². The van der Waals surface area contributed by atoms with Gasteiger partial charge in [-0.1, -0.05) is 12.2 Å². The maximum atomic E-state index is 10.8. The van der Waals surface area contributed by atoms with Crippen LogP contribution in [-0.2, 0) is 14.6 Å². The molecule has 5 heteroatoms. The van der Waals surface area contributed by atoms with Crippen LogP contribution in [0.2, 0.25) is 0 Å². The van der Waals surface area contributed by atoms with E-state index in [2.05, 4.69) is 0 Å². The largest absolute Gasteiger partial charge is 0.478 e. The summed E-state index contributed by atoms with van der Waals surface area (Å²) in [6.45, 7) is 0. The van der Waals surface area contributed by atoms with Gasteiger partial charge in [-0.15, -0.1) is 0 Å². The Morgan fingerprint density at radius 3 is 2.55 bits per heavy atom. The summed E-state index contributed by atoms with van der Waals surface area (Å²) < 4.78 is 21.5. The molecule has 0 saturated carbocycles. The van der Waals surface area contributed by atoms with Gasteiger partial charge in [0.2, 0.25) is 0 Å². The van der Waals surface area contributed by atoms with Crippen LogP contribution in [0.5, 0.6) is 0 Å². The SMILES string of the molecule is O=C(O)C1=CC=CS(=O)(=O)C1. The van der Waals surface area contributed by atoms with Crippen LogP contribution in [-0.4, -0.2) is 25.2 Å². The van der Waals surface area contributed by atoms with E-state index in [9.17, 15) is 13.2 Å². The van der Waals surface area contributed by atoms with Crippen LogP contribution in [0, 0.1) is 0 Å². The van der Waals surface area contributed by atoms with Gasteiger partial charge in [0.25, 0.3) is 0 Å². The van der Waals surface area contributed by atoms with Crippen molar-refractivity contribution >= 4 is 15.8 Å². The summed E-state index contributed by atoms with van der Waals surface area (Å²) >= 11 is 0. The highest BCUT2D eigenvalue weighted by Crippen LogP contribution is 2.08. The van der Waals surface area contributed by atoms with Crippen molar-refractivity contribution in [2.24, 2.45) is 0 Å². The number of allylic oxidation sites excluding steroid dienone is 2. The van der Waals surface area contributed by atoms with Gasteiger partial charge in [0.15, 0.2) is 9.84 Å². The molecule has 0 bridgehead atoms. The fraction of sp³-hybridized carbons (Fsp3) is 0.167. The van der Waals surface area contributed by atoms with Gasteiger partial charge in [0.1, 0.15) is 0 Å². The molecule has 4 nitrogen and oxygen atoms in total. The molecule has 1 N–H and O–H groups in total. The summed E-state index contributed by atoms with van der Waals surface area (Å²) in [6.07, 6.45) is 2.51. The molecule has 0 aromatic rings. The van der Waals surface area contributed by atoms with Crippen molar-refractivity contribution in [3.63, 3.8) is 0 Å². The van der Waals surface area contributed by atoms with Gasteiger partial charge in [0.05, 0.1) is 11.3 Å². The van der Waals surface area contributed by atoms with E-state index in [-0.39, 0.29) is 5.57 Å². The molecule has 0 amide bonds. The van der Waals surface area contributed by atoms with Gasteiger partial charge >= 0.3 is 5.97 Å². The van der Waals surface area contributed by atoms with Gasteiger partial charge in [-0.25, -0.2) is 13.2 Å². The Bertz CT molecular complexity index is 334. The van der Waals surface area contributed by atoms with Crippen molar-refractivity contribution in [1.82, 2.24) is 0 Å². The summed E-state index contributed by atoms with van der Waals surface area (Å²) in [5.41, 5.74) is -0.0903. The van der Waals surface area contributed by atoms with Crippen molar-refractivity contribution < 1.29 is 18.3 Å². The average molecular weight is 174 g/mol. The monoisotopic (exact) mass is 174 g/mol. The number of sulfone groups is 1. The van der Waals surface area contributed by atoms with Crippen molar-refractivity contribution in [2.45, 2.75) is 0 Å². The fourth-order valence-corrected chi connectivity index (χ4v) is 1.79. The molecular formula is C6H6O4S. The molecule has 0 spiro atoms.